The van der Waals surface area contributed by atoms with Gasteiger partial charge in [0.15, 0.2) is 0 Å². The van der Waals surface area contributed by atoms with Gasteiger partial charge in [-0.1, -0.05) is 238 Å². The maximum absolute atomic E-state index is 6.40. The number of hydrogen-bond donors (Lipinski definition) is 0. The van der Waals surface area contributed by atoms with Gasteiger partial charge >= 0.3 is 0 Å². The first-order valence-corrected chi connectivity index (χ1v) is 25.1. The molecular formula is C40H82Cl2Si. The van der Waals surface area contributed by atoms with Crippen molar-refractivity contribution in [1.29, 1.82) is 0 Å². The largest absolute Gasteiger partial charge is 0.168 e. The van der Waals surface area contributed by atoms with Crippen LogP contribution in [0, 0.1) is 0 Å². The molecule has 0 saturated carbocycles. The fourth-order valence-electron chi connectivity index (χ4n) is 6.65. The molecule has 0 N–H and O–H groups in total. The minimum atomic E-state index is -1.31. The predicted octanol–water partition coefficient (Wildman–Crippen LogP) is 16.7. The van der Waals surface area contributed by atoms with Gasteiger partial charge in [0.2, 0.25) is 0 Å². The molecule has 0 radical (unpaired) electrons. The highest BCUT2D eigenvalue weighted by molar-refractivity contribution is 7.19. The second-order valence-corrected chi connectivity index (χ2v) is 22.3. The lowest BCUT2D eigenvalue weighted by atomic mass is 10.0. The summed E-state index contributed by atoms with van der Waals surface area (Å²) in [5, 5.41) is 0. The molecule has 0 heterocycles. The van der Waals surface area contributed by atoms with Crippen molar-refractivity contribution >= 4 is 30.1 Å². The number of halogens is 2. The normalized spacial score (nSPS) is 12.0. The molecule has 0 spiro atoms. The Morgan fingerprint density at radius 2 is 0.395 bits per heavy atom. The van der Waals surface area contributed by atoms with E-state index in [-0.39, 0.29) is 0 Å². The molecule has 3 heteroatoms. The quantitative estimate of drug-likeness (QED) is 0.0267. The summed E-state index contributed by atoms with van der Waals surface area (Å²) in [7, 11) is -1.31. The lowest BCUT2D eigenvalue weighted by Gasteiger charge is -2.11. The molecule has 43 heavy (non-hydrogen) atoms. The minimum absolute atomic E-state index is 0.845. The molecule has 260 valence electrons. The first-order chi connectivity index (χ1) is 21.1. The first-order valence-electron chi connectivity index (χ1n) is 20.3. The Bertz CT molecular complexity index is 489. The molecule has 0 aliphatic rings. The average molecular weight is 662 g/mol. The van der Waals surface area contributed by atoms with Crippen molar-refractivity contribution in [1.82, 2.24) is 0 Å². The standard InChI is InChI=1S/C40H82Cl2Si/c1-43(2,42)40-38-36-34-32-30-28-26-24-22-20-18-16-14-12-10-8-6-4-3-5-7-9-11-13-15-17-19-21-23-25-27-29-31-33-35-37-39-41/h3-40H2,1-2H3. The van der Waals surface area contributed by atoms with Gasteiger partial charge in [-0.15, -0.1) is 11.6 Å². The van der Waals surface area contributed by atoms with Crippen molar-refractivity contribution in [3.63, 3.8) is 0 Å². The van der Waals surface area contributed by atoms with E-state index in [1.54, 1.807) is 0 Å². The zero-order valence-electron chi connectivity index (χ0n) is 30.1. The Labute approximate surface area is 285 Å². The molecule has 0 rings (SSSR count). The summed E-state index contributed by atoms with van der Waals surface area (Å²) in [5.41, 5.74) is 0. The van der Waals surface area contributed by atoms with Crippen molar-refractivity contribution in [3.8, 4) is 0 Å². The van der Waals surface area contributed by atoms with E-state index >= 15 is 0 Å². The SMILES string of the molecule is C[Si](C)(Cl)CCCCCCCCCCCCCCCCCCCCCCCCCCCCCCCCCCCCCCCl. The second kappa shape index (κ2) is 37.3. The van der Waals surface area contributed by atoms with Gasteiger partial charge in [-0.05, 0) is 12.5 Å². The van der Waals surface area contributed by atoms with Gasteiger partial charge in [-0.25, -0.2) is 0 Å². The van der Waals surface area contributed by atoms with E-state index in [0.717, 1.165) is 5.88 Å². The van der Waals surface area contributed by atoms with Gasteiger partial charge in [0.25, 0.3) is 0 Å². The molecule has 0 aromatic heterocycles. The zero-order chi connectivity index (χ0) is 31.4. The van der Waals surface area contributed by atoms with Gasteiger partial charge in [0.05, 0.1) is 0 Å². The van der Waals surface area contributed by atoms with Gasteiger partial charge in [0, 0.05) is 5.88 Å². The first kappa shape index (κ1) is 43.8. The van der Waals surface area contributed by atoms with Crippen LogP contribution in [-0.2, 0) is 0 Å². The molecule has 0 aromatic carbocycles. The van der Waals surface area contributed by atoms with Crippen LogP contribution in [0.4, 0.5) is 0 Å². The molecule has 0 aliphatic carbocycles. The lowest BCUT2D eigenvalue weighted by Crippen LogP contribution is -2.14. The topological polar surface area (TPSA) is 0 Å². The van der Waals surface area contributed by atoms with Crippen LogP contribution in [0.5, 0.6) is 0 Å². The Balaban J connectivity index is 3.05. The third kappa shape index (κ3) is 42.8. The van der Waals surface area contributed by atoms with Crippen molar-refractivity contribution in [2.75, 3.05) is 5.88 Å². The molecule has 0 atom stereocenters. The molecule has 0 aliphatic heterocycles. The van der Waals surface area contributed by atoms with Crippen LogP contribution in [0.2, 0.25) is 19.1 Å². The van der Waals surface area contributed by atoms with Gasteiger partial charge < -0.3 is 0 Å². The molecule has 0 nitrogen and oxygen atoms in total. The van der Waals surface area contributed by atoms with Crippen molar-refractivity contribution in [2.24, 2.45) is 0 Å². The maximum atomic E-state index is 6.40. The number of hydrogen-bond acceptors (Lipinski definition) is 0. The highest BCUT2D eigenvalue weighted by atomic mass is 35.6. The molecule has 0 bridgehead atoms. The molecule has 0 fully saturated rings. The molecule has 0 amide bonds. The predicted molar refractivity (Wildman–Crippen MR) is 205 cm³/mol. The Morgan fingerprint density at radius 3 is 0.535 bits per heavy atom. The third-order valence-corrected chi connectivity index (χ3v) is 12.0. The van der Waals surface area contributed by atoms with E-state index in [4.69, 9.17) is 22.7 Å². The van der Waals surface area contributed by atoms with Crippen LogP contribution in [0.3, 0.4) is 0 Å². The van der Waals surface area contributed by atoms with E-state index in [9.17, 15) is 0 Å². The van der Waals surface area contributed by atoms with E-state index in [1.165, 1.54) is 237 Å². The Hall–Kier alpha value is 0.797. The van der Waals surface area contributed by atoms with Gasteiger partial charge in [0.1, 0.15) is 7.38 Å². The molecule has 0 unspecified atom stereocenters. The van der Waals surface area contributed by atoms with Crippen molar-refractivity contribution in [2.45, 2.75) is 250 Å². The summed E-state index contributed by atoms with van der Waals surface area (Å²) in [4.78, 5) is 0. The molecular weight excluding hydrogens is 579 g/mol. The summed E-state index contributed by atoms with van der Waals surface area (Å²) < 4.78 is 0. The number of rotatable bonds is 38. The lowest BCUT2D eigenvalue weighted by molar-refractivity contribution is 0.510. The van der Waals surface area contributed by atoms with Crippen LogP contribution in [0.25, 0.3) is 0 Å². The van der Waals surface area contributed by atoms with Crippen LogP contribution in [0.1, 0.15) is 231 Å². The fourth-order valence-corrected chi connectivity index (χ4v) is 8.33. The van der Waals surface area contributed by atoms with Crippen LogP contribution in [0.15, 0.2) is 0 Å². The maximum Gasteiger partial charge on any atom is 0.150 e. The summed E-state index contributed by atoms with van der Waals surface area (Å²) >= 11 is 12.1. The monoisotopic (exact) mass is 661 g/mol. The average Bonchev–Trinajstić information content (AvgIpc) is 2.98. The van der Waals surface area contributed by atoms with Crippen LogP contribution >= 0.6 is 22.7 Å². The third-order valence-electron chi connectivity index (χ3n) is 9.65. The highest BCUT2D eigenvalue weighted by Crippen LogP contribution is 2.20. The van der Waals surface area contributed by atoms with E-state index < -0.39 is 7.38 Å². The summed E-state index contributed by atoms with van der Waals surface area (Å²) in [6.45, 7) is 4.55. The zero-order valence-corrected chi connectivity index (χ0v) is 32.6. The van der Waals surface area contributed by atoms with E-state index in [0.29, 0.717) is 0 Å². The Morgan fingerprint density at radius 1 is 0.256 bits per heavy atom. The number of alkyl halides is 1. The van der Waals surface area contributed by atoms with Crippen LogP contribution in [-0.4, -0.2) is 13.3 Å². The van der Waals surface area contributed by atoms with Gasteiger partial charge in [-0.2, -0.15) is 11.1 Å². The smallest absolute Gasteiger partial charge is 0.150 e. The van der Waals surface area contributed by atoms with Crippen molar-refractivity contribution < 1.29 is 0 Å². The minimum Gasteiger partial charge on any atom is -0.168 e. The molecule has 0 saturated heterocycles. The van der Waals surface area contributed by atoms with E-state index in [1.807, 2.05) is 0 Å². The van der Waals surface area contributed by atoms with Gasteiger partial charge in [-0.3, -0.25) is 0 Å². The number of unbranched alkanes of at least 4 members (excludes halogenated alkanes) is 35. The summed E-state index contributed by atoms with van der Waals surface area (Å²) in [5.74, 6) is 0.845. The summed E-state index contributed by atoms with van der Waals surface area (Å²) in [6.07, 6.45) is 52.4. The molecule has 0 aromatic rings. The fraction of sp³-hybridized carbons (Fsp3) is 1.00. The Kier molecular flexibility index (Phi) is 37.9. The highest BCUT2D eigenvalue weighted by Gasteiger charge is 2.15. The van der Waals surface area contributed by atoms with Crippen LogP contribution < -0.4 is 0 Å². The van der Waals surface area contributed by atoms with E-state index in [2.05, 4.69) is 13.1 Å². The summed E-state index contributed by atoms with van der Waals surface area (Å²) in [6, 6.07) is 1.30. The second-order valence-electron chi connectivity index (χ2n) is 14.9. The van der Waals surface area contributed by atoms with Crippen molar-refractivity contribution in [3.05, 3.63) is 0 Å².